The smallest absolute Gasteiger partial charge is 0.139 e. The van der Waals surface area contributed by atoms with Crippen molar-refractivity contribution in [2.45, 2.75) is 25.0 Å². The number of aromatic nitrogens is 4. The highest BCUT2D eigenvalue weighted by Gasteiger charge is 2.28. The van der Waals surface area contributed by atoms with E-state index in [1.54, 1.807) is 12.4 Å². The van der Waals surface area contributed by atoms with Crippen molar-refractivity contribution >= 4 is 22.1 Å². The summed E-state index contributed by atoms with van der Waals surface area (Å²) >= 11 is 0. The second kappa shape index (κ2) is 4.80. The number of hydrogen-bond donors (Lipinski definition) is 4. The Morgan fingerprint density at radius 1 is 1.38 bits per heavy atom. The fraction of sp³-hybridized carbons (Fsp3) is 0.429. The van der Waals surface area contributed by atoms with Crippen LogP contribution in [0.2, 0.25) is 0 Å². The normalized spacial score (nSPS) is 22.6. The third kappa shape index (κ3) is 1.93. The van der Waals surface area contributed by atoms with Gasteiger partial charge in [0.05, 0.1) is 43.0 Å². The van der Waals surface area contributed by atoms with Crippen LogP contribution in [0, 0.1) is 0 Å². The van der Waals surface area contributed by atoms with Crippen LogP contribution in [-0.4, -0.2) is 49.5 Å². The lowest BCUT2D eigenvalue weighted by molar-refractivity contribution is 0.0584. The number of H-pyrrole nitrogens is 2. The van der Waals surface area contributed by atoms with Gasteiger partial charge in [0, 0.05) is 17.7 Å². The average Bonchev–Trinajstić information content (AvgIpc) is 3.22. The van der Waals surface area contributed by atoms with Crippen molar-refractivity contribution in [3.63, 3.8) is 0 Å². The SMILES string of the molecule is OCc1c[nH]c2ncc3[nH]c(C4COC(CO)C4)nc3c12. The Kier molecular flexibility index (Phi) is 2.91. The first-order valence-corrected chi connectivity index (χ1v) is 6.98. The highest BCUT2D eigenvalue weighted by molar-refractivity contribution is 6.02. The Hall–Kier alpha value is -1.96. The molecule has 110 valence electrons. The number of nitrogens with zero attached hydrogens (tertiary/aromatic N) is 2. The summed E-state index contributed by atoms with van der Waals surface area (Å²) in [5.41, 5.74) is 3.17. The molecule has 2 atom stereocenters. The molecular weight excluding hydrogens is 272 g/mol. The molecule has 0 amide bonds. The molecule has 7 heteroatoms. The molecule has 1 aliphatic rings. The number of aliphatic hydroxyl groups is 2. The molecule has 0 aromatic carbocycles. The van der Waals surface area contributed by atoms with E-state index in [1.165, 1.54) is 0 Å². The Morgan fingerprint density at radius 3 is 3.05 bits per heavy atom. The Balaban J connectivity index is 1.82. The van der Waals surface area contributed by atoms with Crippen molar-refractivity contribution < 1.29 is 14.9 Å². The fourth-order valence-electron chi connectivity index (χ4n) is 2.98. The predicted molar refractivity (Wildman–Crippen MR) is 75.9 cm³/mol. The van der Waals surface area contributed by atoms with E-state index in [0.29, 0.717) is 6.61 Å². The van der Waals surface area contributed by atoms with Gasteiger partial charge >= 0.3 is 0 Å². The first-order chi connectivity index (χ1) is 10.3. The minimum absolute atomic E-state index is 0.0367. The fourth-order valence-corrected chi connectivity index (χ4v) is 2.98. The van der Waals surface area contributed by atoms with Crippen LogP contribution < -0.4 is 0 Å². The summed E-state index contributed by atoms with van der Waals surface area (Å²) in [6, 6.07) is 0. The second-order valence-corrected chi connectivity index (χ2v) is 5.41. The highest BCUT2D eigenvalue weighted by Crippen LogP contribution is 2.31. The molecule has 4 N–H and O–H groups in total. The van der Waals surface area contributed by atoms with Gasteiger partial charge in [-0.2, -0.15) is 0 Å². The largest absolute Gasteiger partial charge is 0.394 e. The lowest BCUT2D eigenvalue weighted by Gasteiger charge is -2.03. The number of ether oxygens (including phenoxy) is 1. The van der Waals surface area contributed by atoms with Crippen LogP contribution in [0.3, 0.4) is 0 Å². The number of imidazole rings is 1. The Bertz CT molecular complexity index is 794. The monoisotopic (exact) mass is 288 g/mol. The van der Waals surface area contributed by atoms with Gasteiger partial charge in [-0.3, -0.25) is 0 Å². The van der Waals surface area contributed by atoms with Gasteiger partial charge in [0.15, 0.2) is 0 Å². The number of nitrogens with one attached hydrogen (secondary N) is 2. The van der Waals surface area contributed by atoms with Crippen molar-refractivity contribution in [1.29, 1.82) is 0 Å². The molecule has 0 aliphatic carbocycles. The molecule has 0 saturated carbocycles. The second-order valence-electron chi connectivity index (χ2n) is 5.41. The molecule has 0 spiro atoms. The van der Waals surface area contributed by atoms with Crippen molar-refractivity contribution in [1.82, 2.24) is 19.9 Å². The molecule has 4 rings (SSSR count). The summed E-state index contributed by atoms with van der Waals surface area (Å²) in [6.45, 7) is 0.540. The number of aliphatic hydroxyl groups excluding tert-OH is 2. The molecule has 0 radical (unpaired) electrons. The van der Waals surface area contributed by atoms with Crippen LogP contribution in [0.5, 0.6) is 0 Å². The average molecular weight is 288 g/mol. The zero-order chi connectivity index (χ0) is 14.4. The zero-order valence-electron chi connectivity index (χ0n) is 11.3. The van der Waals surface area contributed by atoms with Gasteiger partial charge in [-0.15, -0.1) is 0 Å². The molecule has 1 fully saturated rings. The molecule has 4 heterocycles. The molecule has 21 heavy (non-hydrogen) atoms. The number of fused-ring (bicyclic) bond motifs is 3. The number of rotatable bonds is 3. The van der Waals surface area contributed by atoms with Gasteiger partial charge in [-0.1, -0.05) is 0 Å². The summed E-state index contributed by atoms with van der Waals surface area (Å²) in [6.07, 6.45) is 4.14. The van der Waals surface area contributed by atoms with Crippen LogP contribution in [0.25, 0.3) is 22.1 Å². The summed E-state index contributed by atoms with van der Waals surface area (Å²) in [5, 5.41) is 19.4. The van der Waals surface area contributed by atoms with Gasteiger partial charge in [-0.05, 0) is 6.42 Å². The molecule has 1 aliphatic heterocycles. The van der Waals surface area contributed by atoms with E-state index < -0.39 is 0 Å². The van der Waals surface area contributed by atoms with E-state index in [9.17, 15) is 5.11 Å². The molecule has 2 unspecified atom stereocenters. The maximum absolute atomic E-state index is 9.44. The van der Waals surface area contributed by atoms with Crippen LogP contribution in [0.1, 0.15) is 23.7 Å². The van der Waals surface area contributed by atoms with E-state index in [2.05, 4.69) is 19.9 Å². The highest BCUT2D eigenvalue weighted by atomic mass is 16.5. The number of hydrogen-bond acceptors (Lipinski definition) is 5. The molecule has 7 nitrogen and oxygen atoms in total. The number of pyridine rings is 1. The summed E-state index contributed by atoms with van der Waals surface area (Å²) in [7, 11) is 0. The standard InChI is InChI=1S/C14H16N4O3/c19-4-8-2-15-14-11(8)12-10(3-16-14)17-13(18-12)7-1-9(5-20)21-6-7/h2-3,7,9,19-20H,1,4-6H2,(H,15,16)(H,17,18). The lowest BCUT2D eigenvalue weighted by atomic mass is 10.1. The van der Waals surface area contributed by atoms with Gasteiger partial charge in [-0.25, -0.2) is 9.97 Å². The first kappa shape index (κ1) is 12.8. The van der Waals surface area contributed by atoms with E-state index >= 15 is 0 Å². The molecular formula is C14H16N4O3. The van der Waals surface area contributed by atoms with Crippen LogP contribution in [0.4, 0.5) is 0 Å². The Labute approximate surface area is 120 Å². The predicted octanol–water partition coefficient (Wildman–Crippen LogP) is 0.796. The minimum atomic E-state index is -0.110. The number of aromatic amines is 2. The van der Waals surface area contributed by atoms with E-state index in [-0.39, 0.29) is 25.2 Å². The van der Waals surface area contributed by atoms with Crippen molar-refractivity contribution in [2.24, 2.45) is 0 Å². The summed E-state index contributed by atoms with van der Waals surface area (Å²) < 4.78 is 5.51. The summed E-state index contributed by atoms with van der Waals surface area (Å²) in [5.74, 6) is 1.00. The summed E-state index contributed by atoms with van der Waals surface area (Å²) in [4.78, 5) is 15.4. The maximum Gasteiger partial charge on any atom is 0.139 e. The van der Waals surface area contributed by atoms with Crippen LogP contribution in [-0.2, 0) is 11.3 Å². The molecule has 1 saturated heterocycles. The van der Waals surface area contributed by atoms with Crippen LogP contribution in [0.15, 0.2) is 12.4 Å². The van der Waals surface area contributed by atoms with E-state index in [4.69, 9.17) is 9.84 Å². The molecule has 3 aromatic heterocycles. The van der Waals surface area contributed by atoms with Crippen molar-refractivity contribution in [2.75, 3.05) is 13.2 Å². The van der Waals surface area contributed by atoms with E-state index in [1.807, 2.05) is 0 Å². The molecule has 3 aromatic rings. The third-order valence-electron chi connectivity index (χ3n) is 4.09. The minimum Gasteiger partial charge on any atom is -0.394 e. The Morgan fingerprint density at radius 2 is 2.29 bits per heavy atom. The zero-order valence-corrected chi connectivity index (χ0v) is 11.3. The van der Waals surface area contributed by atoms with E-state index in [0.717, 1.165) is 39.9 Å². The van der Waals surface area contributed by atoms with Gasteiger partial charge < -0.3 is 24.9 Å². The maximum atomic E-state index is 9.44. The topological polar surface area (TPSA) is 107 Å². The first-order valence-electron chi connectivity index (χ1n) is 6.98. The van der Waals surface area contributed by atoms with Crippen molar-refractivity contribution in [3.05, 3.63) is 23.8 Å². The molecule has 0 bridgehead atoms. The van der Waals surface area contributed by atoms with Gasteiger partial charge in [0.25, 0.3) is 0 Å². The quantitative estimate of drug-likeness (QED) is 0.570. The van der Waals surface area contributed by atoms with Crippen molar-refractivity contribution in [3.8, 4) is 0 Å². The third-order valence-corrected chi connectivity index (χ3v) is 4.09. The van der Waals surface area contributed by atoms with Gasteiger partial charge in [0.2, 0.25) is 0 Å². The van der Waals surface area contributed by atoms with Gasteiger partial charge in [0.1, 0.15) is 17.0 Å². The lowest BCUT2D eigenvalue weighted by Crippen LogP contribution is -2.09. The van der Waals surface area contributed by atoms with Crippen LogP contribution >= 0.6 is 0 Å².